The van der Waals surface area contributed by atoms with E-state index in [0.717, 1.165) is 25.8 Å². The van der Waals surface area contributed by atoms with Crippen molar-refractivity contribution >= 4 is 11.8 Å². The van der Waals surface area contributed by atoms with E-state index in [1.165, 1.54) is 16.8 Å². The van der Waals surface area contributed by atoms with Crippen molar-refractivity contribution in [1.82, 2.24) is 19.4 Å². The summed E-state index contributed by atoms with van der Waals surface area (Å²) in [6, 6.07) is 1.27. The topological polar surface area (TPSA) is 95.5 Å². The van der Waals surface area contributed by atoms with Crippen molar-refractivity contribution in [3.63, 3.8) is 0 Å². The molecule has 27 heavy (non-hydrogen) atoms. The molecule has 0 radical (unpaired) electrons. The minimum atomic E-state index is -0.498. The summed E-state index contributed by atoms with van der Waals surface area (Å²) in [6.45, 7) is 6.65. The van der Waals surface area contributed by atoms with E-state index in [9.17, 15) is 19.2 Å². The van der Waals surface area contributed by atoms with Gasteiger partial charge in [-0.05, 0) is 24.7 Å². The van der Waals surface area contributed by atoms with Crippen molar-refractivity contribution in [2.45, 2.75) is 38.6 Å². The molecule has 1 aromatic heterocycles. The molecular weight excluding hydrogens is 348 g/mol. The first kappa shape index (κ1) is 19.1. The molecule has 146 valence electrons. The molecule has 0 saturated carbocycles. The van der Waals surface area contributed by atoms with E-state index in [0.29, 0.717) is 26.1 Å². The second kappa shape index (κ2) is 7.94. The summed E-state index contributed by atoms with van der Waals surface area (Å²) in [6.07, 6.45) is 6.61. The van der Waals surface area contributed by atoms with Gasteiger partial charge in [-0.15, -0.1) is 6.58 Å². The number of hydrogen-bond donors (Lipinski definition) is 1. The standard InChI is InChI=1S/C19H26N4O4/c1-2-9-23-14-19(6-3-16(23)25)7-12-21(13-8-19)17(26)5-11-22-10-4-15(24)20-18(22)27/h2,4,10H,1,3,5-9,11-14H2,(H,20,24,27). The molecule has 0 bridgehead atoms. The van der Waals surface area contributed by atoms with Crippen LogP contribution in [0.2, 0.25) is 0 Å². The maximum absolute atomic E-state index is 12.5. The van der Waals surface area contributed by atoms with Gasteiger partial charge < -0.3 is 14.4 Å². The maximum Gasteiger partial charge on any atom is 0.328 e. The molecule has 2 aliphatic heterocycles. The van der Waals surface area contributed by atoms with Gasteiger partial charge in [-0.1, -0.05) is 6.08 Å². The molecule has 0 aliphatic carbocycles. The Kier molecular flexibility index (Phi) is 5.62. The minimum Gasteiger partial charge on any atom is -0.343 e. The highest BCUT2D eigenvalue weighted by atomic mass is 16.2. The highest BCUT2D eigenvalue weighted by Crippen LogP contribution is 2.40. The van der Waals surface area contributed by atoms with Crippen molar-refractivity contribution in [3.8, 4) is 0 Å². The molecule has 3 heterocycles. The summed E-state index contributed by atoms with van der Waals surface area (Å²) in [7, 11) is 0. The van der Waals surface area contributed by atoms with E-state index >= 15 is 0 Å². The number of nitrogens with zero attached hydrogens (tertiary/aromatic N) is 3. The largest absolute Gasteiger partial charge is 0.343 e. The van der Waals surface area contributed by atoms with Crippen molar-refractivity contribution < 1.29 is 9.59 Å². The third kappa shape index (κ3) is 4.37. The quantitative estimate of drug-likeness (QED) is 0.752. The summed E-state index contributed by atoms with van der Waals surface area (Å²) in [5.41, 5.74) is -0.841. The number of aromatic nitrogens is 2. The molecule has 2 saturated heterocycles. The summed E-state index contributed by atoms with van der Waals surface area (Å²) < 4.78 is 1.34. The number of rotatable bonds is 5. The Balaban J connectivity index is 1.53. The molecular formula is C19H26N4O4. The van der Waals surface area contributed by atoms with Crippen molar-refractivity contribution in [2.75, 3.05) is 26.2 Å². The third-order valence-electron chi connectivity index (χ3n) is 5.74. The maximum atomic E-state index is 12.5. The van der Waals surface area contributed by atoms with E-state index in [1.807, 2.05) is 9.80 Å². The number of carbonyl (C=O) groups excluding carboxylic acids is 2. The van der Waals surface area contributed by atoms with Gasteiger partial charge in [0.15, 0.2) is 0 Å². The van der Waals surface area contributed by atoms with Crippen LogP contribution in [0.4, 0.5) is 0 Å². The fourth-order valence-corrected chi connectivity index (χ4v) is 4.06. The fourth-order valence-electron chi connectivity index (χ4n) is 4.06. The molecule has 0 atom stereocenters. The number of carbonyl (C=O) groups is 2. The zero-order valence-electron chi connectivity index (χ0n) is 15.5. The monoisotopic (exact) mass is 374 g/mol. The molecule has 1 aromatic rings. The molecule has 1 N–H and O–H groups in total. The predicted octanol–water partition coefficient (Wildman–Crippen LogP) is 0.344. The second-order valence-corrected chi connectivity index (χ2v) is 7.50. The van der Waals surface area contributed by atoms with Crippen LogP contribution in [-0.2, 0) is 16.1 Å². The molecule has 1 spiro atoms. The number of likely N-dealkylation sites (tertiary alicyclic amines) is 2. The lowest BCUT2D eigenvalue weighted by Crippen LogP contribution is -2.52. The fraction of sp³-hybridized carbons (Fsp3) is 0.579. The van der Waals surface area contributed by atoms with E-state index in [1.54, 1.807) is 6.08 Å². The Morgan fingerprint density at radius 2 is 1.96 bits per heavy atom. The van der Waals surface area contributed by atoms with Crippen LogP contribution in [0.25, 0.3) is 0 Å². The SMILES string of the molecule is C=CCN1CC2(CCC1=O)CCN(C(=O)CCn1ccc(=O)[nH]c1=O)CC2. The first-order chi connectivity index (χ1) is 12.9. The lowest BCUT2D eigenvalue weighted by Gasteiger charge is -2.47. The van der Waals surface area contributed by atoms with Gasteiger partial charge in [0.05, 0.1) is 0 Å². The normalized spacial score (nSPS) is 19.3. The molecule has 0 aromatic carbocycles. The molecule has 8 nitrogen and oxygen atoms in total. The van der Waals surface area contributed by atoms with E-state index in [4.69, 9.17) is 0 Å². The first-order valence-corrected chi connectivity index (χ1v) is 9.39. The summed E-state index contributed by atoms with van der Waals surface area (Å²) in [4.78, 5) is 53.2. The summed E-state index contributed by atoms with van der Waals surface area (Å²) in [5.74, 6) is 0.197. The van der Waals surface area contributed by atoms with Crippen LogP contribution in [0.15, 0.2) is 34.5 Å². The van der Waals surface area contributed by atoms with Gasteiger partial charge in [-0.3, -0.25) is 19.4 Å². The molecule has 8 heteroatoms. The van der Waals surface area contributed by atoms with Gasteiger partial charge in [0.2, 0.25) is 11.8 Å². The van der Waals surface area contributed by atoms with Gasteiger partial charge in [-0.25, -0.2) is 4.79 Å². The van der Waals surface area contributed by atoms with Gasteiger partial charge in [0, 0.05) is 57.8 Å². The van der Waals surface area contributed by atoms with Gasteiger partial charge in [0.25, 0.3) is 5.56 Å². The van der Waals surface area contributed by atoms with Gasteiger partial charge >= 0.3 is 5.69 Å². The smallest absolute Gasteiger partial charge is 0.328 e. The van der Waals surface area contributed by atoms with E-state index in [2.05, 4.69) is 11.6 Å². The highest BCUT2D eigenvalue weighted by molar-refractivity contribution is 5.78. The van der Waals surface area contributed by atoms with E-state index in [-0.39, 0.29) is 30.2 Å². The molecule has 2 aliphatic rings. The number of hydrogen-bond acceptors (Lipinski definition) is 4. The Hall–Kier alpha value is -2.64. The number of aromatic amines is 1. The molecule has 2 fully saturated rings. The summed E-state index contributed by atoms with van der Waals surface area (Å²) in [5, 5.41) is 0. The average molecular weight is 374 g/mol. The molecule has 2 amide bonds. The number of piperidine rings is 2. The van der Waals surface area contributed by atoms with Crippen molar-refractivity contribution in [1.29, 1.82) is 0 Å². The third-order valence-corrected chi connectivity index (χ3v) is 5.74. The number of amides is 2. The lowest BCUT2D eigenvalue weighted by atomic mass is 9.72. The van der Waals surface area contributed by atoms with Crippen LogP contribution in [-0.4, -0.2) is 57.3 Å². The zero-order valence-corrected chi connectivity index (χ0v) is 15.5. The average Bonchev–Trinajstić information content (AvgIpc) is 2.65. The number of H-pyrrole nitrogens is 1. The van der Waals surface area contributed by atoms with Crippen molar-refractivity contribution in [2.24, 2.45) is 5.41 Å². The Bertz CT molecular complexity index is 833. The van der Waals surface area contributed by atoms with E-state index < -0.39 is 11.2 Å². The zero-order chi connectivity index (χ0) is 19.4. The molecule has 3 rings (SSSR count). The molecule has 0 unspecified atom stereocenters. The van der Waals surface area contributed by atoms with Gasteiger partial charge in [-0.2, -0.15) is 0 Å². The van der Waals surface area contributed by atoms with Gasteiger partial charge in [0.1, 0.15) is 0 Å². The van der Waals surface area contributed by atoms with Crippen molar-refractivity contribution in [3.05, 3.63) is 45.8 Å². The highest BCUT2D eigenvalue weighted by Gasteiger charge is 2.41. The van der Waals surface area contributed by atoms with Crippen LogP contribution in [0, 0.1) is 5.41 Å². The first-order valence-electron chi connectivity index (χ1n) is 9.39. The summed E-state index contributed by atoms with van der Waals surface area (Å²) >= 11 is 0. The van der Waals surface area contributed by atoms with Crippen LogP contribution in [0.5, 0.6) is 0 Å². The van der Waals surface area contributed by atoms with Crippen LogP contribution in [0.1, 0.15) is 32.1 Å². The predicted molar refractivity (Wildman–Crippen MR) is 100 cm³/mol. The number of aryl methyl sites for hydroxylation is 1. The lowest BCUT2D eigenvalue weighted by molar-refractivity contribution is -0.142. The van der Waals surface area contributed by atoms with Crippen LogP contribution < -0.4 is 11.2 Å². The number of nitrogens with one attached hydrogen (secondary N) is 1. The minimum absolute atomic E-state index is 0.0118. The Morgan fingerprint density at radius 1 is 1.22 bits per heavy atom. The Morgan fingerprint density at radius 3 is 2.63 bits per heavy atom. The van der Waals surface area contributed by atoms with Crippen LogP contribution >= 0.6 is 0 Å². The second-order valence-electron chi connectivity index (χ2n) is 7.50. The van der Waals surface area contributed by atoms with Crippen LogP contribution in [0.3, 0.4) is 0 Å². The Labute approximate surface area is 157 Å².